The lowest BCUT2D eigenvalue weighted by atomic mass is 9.69. The summed E-state index contributed by atoms with van der Waals surface area (Å²) < 4.78 is 5.65. The summed E-state index contributed by atoms with van der Waals surface area (Å²) in [5.41, 5.74) is 2.22. The van der Waals surface area contributed by atoms with Crippen molar-refractivity contribution < 1.29 is 14.6 Å². The fraction of sp³-hybridized carbons (Fsp3) is 0.667. The number of aliphatic hydroxyl groups is 1. The average molecular weight is 343 g/mol. The van der Waals surface area contributed by atoms with Crippen LogP contribution in [-0.2, 0) is 4.79 Å². The van der Waals surface area contributed by atoms with Crippen molar-refractivity contribution in [3.8, 4) is 5.75 Å². The highest BCUT2D eigenvalue weighted by molar-refractivity contribution is 5.81. The van der Waals surface area contributed by atoms with E-state index in [0.717, 1.165) is 25.3 Å². The van der Waals surface area contributed by atoms with Crippen molar-refractivity contribution in [1.29, 1.82) is 0 Å². The molecule has 1 heterocycles. The van der Waals surface area contributed by atoms with Crippen molar-refractivity contribution in [2.24, 2.45) is 11.3 Å². The van der Waals surface area contributed by atoms with E-state index < -0.39 is 5.60 Å². The number of likely N-dealkylation sites (tertiary alicyclic amines) is 1. The van der Waals surface area contributed by atoms with E-state index in [1.165, 1.54) is 24.0 Å². The monoisotopic (exact) mass is 343 g/mol. The van der Waals surface area contributed by atoms with Gasteiger partial charge in [-0.2, -0.15) is 0 Å². The van der Waals surface area contributed by atoms with Gasteiger partial charge in [0, 0.05) is 24.4 Å². The summed E-state index contributed by atoms with van der Waals surface area (Å²) in [4.78, 5) is 14.6. The zero-order valence-corrected chi connectivity index (χ0v) is 15.5. The Kier molecular flexibility index (Phi) is 3.87. The molecule has 25 heavy (non-hydrogen) atoms. The number of para-hydroxylation sites is 1. The molecule has 1 saturated heterocycles. The quantitative estimate of drug-likeness (QED) is 0.916. The highest BCUT2D eigenvalue weighted by Crippen LogP contribution is 2.54. The van der Waals surface area contributed by atoms with Crippen LogP contribution in [0, 0.1) is 18.3 Å². The van der Waals surface area contributed by atoms with Gasteiger partial charge in [-0.15, -0.1) is 0 Å². The third-order valence-corrected chi connectivity index (χ3v) is 6.67. The van der Waals surface area contributed by atoms with Gasteiger partial charge in [0.25, 0.3) is 0 Å². The SMILES string of the molecule is COc1c(C)cccc1[C@@H]1CCC2(C1)CN(C(=O)C1CC(C)(O)C1)C2. The molecule has 0 radical (unpaired) electrons. The Hall–Kier alpha value is -1.55. The lowest BCUT2D eigenvalue weighted by Crippen LogP contribution is -2.61. The summed E-state index contributed by atoms with van der Waals surface area (Å²) in [6.07, 6.45) is 4.77. The van der Waals surface area contributed by atoms with Gasteiger partial charge >= 0.3 is 0 Å². The largest absolute Gasteiger partial charge is 0.496 e. The Morgan fingerprint density at radius 1 is 1.28 bits per heavy atom. The molecular formula is C21H29NO3. The minimum atomic E-state index is -0.622. The van der Waals surface area contributed by atoms with Gasteiger partial charge in [-0.05, 0) is 63.0 Å². The molecule has 1 aliphatic heterocycles. The molecule has 136 valence electrons. The molecule has 1 aromatic carbocycles. The Morgan fingerprint density at radius 2 is 2.00 bits per heavy atom. The van der Waals surface area contributed by atoms with E-state index in [4.69, 9.17) is 4.74 Å². The molecule has 4 rings (SSSR count). The predicted molar refractivity (Wildman–Crippen MR) is 96.7 cm³/mol. The summed E-state index contributed by atoms with van der Waals surface area (Å²) in [5.74, 6) is 1.88. The van der Waals surface area contributed by atoms with Gasteiger partial charge < -0.3 is 14.7 Å². The molecule has 1 aromatic rings. The van der Waals surface area contributed by atoms with Gasteiger partial charge in [-0.3, -0.25) is 4.79 Å². The van der Waals surface area contributed by atoms with Crippen LogP contribution in [-0.4, -0.2) is 41.7 Å². The predicted octanol–water partition coefficient (Wildman–Crippen LogP) is 3.26. The van der Waals surface area contributed by atoms with Crippen LogP contribution in [0.1, 0.15) is 56.1 Å². The number of amides is 1. The zero-order chi connectivity index (χ0) is 17.8. The third kappa shape index (κ3) is 2.84. The second-order valence-electron chi connectivity index (χ2n) is 8.93. The van der Waals surface area contributed by atoms with Gasteiger partial charge in [0.2, 0.25) is 5.91 Å². The van der Waals surface area contributed by atoms with Crippen molar-refractivity contribution in [2.75, 3.05) is 20.2 Å². The lowest BCUT2D eigenvalue weighted by Gasteiger charge is -2.52. The fourth-order valence-electron chi connectivity index (χ4n) is 5.39. The van der Waals surface area contributed by atoms with Crippen LogP contribution in [0.15, 0.2) is 18.2 Å². The number of hydrogen-bond acceptors (Lipinski definition) is 3. The van der Waals surface area contributed by atoms with E-state index in [-0.39, 0.29) is 11.8 Å². The van der Waals surface area contributed by atoms with Gasteiger partial charge in [0.15, 0.2) is 0 Å². The first kappa shape index (κ1) is 16.9. The van der Waals surface area contributed by atoms with E-state index >= 15 is 0 Å². The number of aryl methyl sites for hydroxylation is 1. The van der Waals surface area contributed by atoms with Gasteiger partial charge in [0.05, 0.1) is 12.7 Å². The molecular weight excluding hydrogens is 314 g/mol. The topological polar surface area (TPSA) is 49.8 Å². The maximum atomic E-state index is 12.5. The number of hydrogen-bond donors (Lipinski definition) is 1. The maximum Gasteiger partial charge on any atom is 0.225 e. The highest BCUT2D eigenvalue weighted by Gasteiger charge is 2.53. The normalized spacial score (nSPS) is 33.0. The van der Waals surface area contributed by atoms with Gasteiger partial charge in [-0.25, -0.2) is 0 Å². The zero-order valence-electron chi connectivity index (χ0n) is 15.5. The molecule has 1 amide bonds. The van der Waals surface area contributed by atoms with Crippen LogP contribution in [0.5, 0.6) is 5.75 Å². The van der Waals surface area contributed by atoms with Crippen molar-refractivity contribution in [2.45, 2.75) is 57.5 Å². The van der Waals surface area contributed by atoms with E-state index in [9.17, 15) is 9.90 Å². The van der Waals surface area contributed by atoms with Crippen molar-refractivity contribution in [3.63, 3.8) is 0 Å². The summed E-state index contributed by atoms with van der Waals surface area (Å²) in [6, 6.07) is 6.43. The molecule has 0 aromatic heterocycles. The molecule has 0 unspecified atom stereocenters. The smallest absolute Gasteiger partial charge is 0.225 e. The number of carbonyl (C=O) groups excluding carboxylic acids is 1. The van der Waals surface area contributed by atoms with Crippen LogP contribution in [0.4, 0.5) is 0 Å². The Balaban J connectivity index is 1.38. The van der Waals surface area contributed by atoms with Crippen LogP contribution < -0.4 is 4.74 Å². The first-order chi connectivity index (χ1) is 11.8. The van der Waals surface area contributed by atoms with E-state index in [1.54, 1.807) is 7.11 Å². The first-order valence-corrected chi connectivity index (χ1v) is 9.47. The molecule has 1 spiro atoms. The molecule has 2 aliphatic carbocycles. The first-order valence-electron chi connectivity index (χ1n) is 9.47. The Bertz CT molecular complexity index is 682. The number of carbonyl (C=O) groups is 1. The number of ether oxygens (including phenoxy) is 1. The molecule has 4 heteroatoms. The molecule has 3 aliphatic rings. The van der Waals surface area contributed by atoms with Gasteiger partial charge in [0.1, 0.15) is 5.75 Å². The number of rotatable bonds is 3. The summed E-state index contributed by atoms with van der Waals surface area (Å²) in [5, 5.41) is 9.86. The van der Waals surface area contributed by atoms with Crippen LogP contribution in [0.3, 0.4) is 0 Å². The fourth-order valence-corrected chi connectivity index (χ4v) is 5.39. The molecule has 4 nitrogen and oxygen atoms in total. The van der Waals surface area contributed by atoms with Crippen LogP contribution in [0.25, 0.3) is 0 Å². The molecule has 1 N–H and O–H groups in total. The Morgan fingerprint density at radius 3 is 2.64 bits per heavy atom. The minimum absolute atomic E-state index is 0.0430. The minimum Gasteiger partial charge on any atom is -0.496 e. The lowest BCUT2D eigenvalue weighted by molar-refractivity contribution is -0.161. The number of nitrogens with zero attached hydrogens (tertiary/aromatic N) is 1. The van der Waals surface area contributed by atoms with E-state index in [0.29, 0.717) is 24.2 Å². The standard InChI is InChI=1S/C21H29NO3/c1-14-5-4-6-17(18(14)25-3)15-7-8-21(11-15)12-22(13-21)19(23)16-9-20(2,24)10-16/h4-6,15-16,24H,7-13H2,1-3H3/t15-,16?,20?/m1/s1. The van der Waals surface area contributed by atoms with Crippen molar-refractivity contribution in [3.05, 3.63) is 29.3 Å². The summed E-state index contributed by atoms with van der Waals surface area (Å²) in [6.45, 7) is 5.72. The molecule has 3 fully saturated rings. The molecule has 0 bridgehead atoms. The summed E-state index contributed by atoms with van der Waals surface area (Å²) >= 11 is 0. The van der Waals surface area contributed by atoms with Crippen molar-refractivity contribution >= 4 is 5.91 Å². The van der Waals surface area contributed by atoms with Gasteiger partial charge in [-0.1, -0.05) is 18.2 Å². The highest BCUT2D eigenvalue weighted by atomic mass is 16.5. The summed E-state index contributed by atoms with van der Waals surface area (Å²) in [7, 11) is 1.76. The number of benzene rings is 1. The molecule has 2 saturated carbocycles. The number of methoxy groups -OCH3 is 1. The average Bonchev–Trinajstić information content (AvgIpc) is 2.95. The second-order valence-corrected chi connectivity index (χ2v) is 8.93. The third-order valence-electron chi connectivity index (χ3n) is 6.67. The van der Waals surface area contributed by atoms with Crippen LogP contribution >= 0.6 is 0 Å². The van der Waals surface area contributed by atoms with Crippen molar-refractivity contribution in [1.82, 2.24) is 4.90 Å². The maximum absolute atomic E-state index is 12.5. The second kappa shape index (κ2) is 5.73. The van der Waals surface area contributed by atoms with E-state index in [2.05, 4.69) is 25.1 Å². The van der Waals surface area contributed by atoms with Crippen LogP contribution in [0.2, 0.25) is 0 Å². The Labute approximate surface area is 150 Å². The van der Waals surface area contributed by atoms with E-state index in [1.807, 2.05) is 11.8 Å². The molecule has 1 atom stereocenters.